The predicted molar refractivity (Wildman–Crippen MR) is 115 cm³/mol. The number of benzene rings is 2. The van der Waals surface area contributed by atoms with E-state index in [-0.39, 0.29) is 5.92 Å². The third-order valence-electron chi connectivity index (χ3n) is 5.44. The fourth-order valence-corrected chi connectivity index (χ4v) is 3.87. The van der Waals surface area contributed by atoms with E-state index in [0.717, 1.165) is 37.9 Å². The molecule has 0 aromatic heterocycles. The summed E-state index contributed by atoms with van der Waals surface area (Å²) < 4.78 is 26.9. The fraction of sp³-hybridized carbons (Fsp3) is 0.480. The molecule has 156 valence electrons. The Morgan fingerprint density at radius 3 is 2.24 bits per heavy atom. The van der Waals surface area contributed by atoms with Crippen molar-refractivity contribution in [1.29, 1.82) is 5.26 Å². The molecular weight excluding hydrogens is 366 g/mol. The molecule has 3 unspecified atom stereocenters. The zero-order valence-corrected chi connectivity index (χ0v) is 17.5. The molecule has 2 nitrogen and oxygen atoms in total. The molecule has 0 amide bonds. The molecule has 1 aliphatic rings. The van der Waals surface area contributed by atoms with Gasteiger partial charge in [-0.1, -0.05) is 54.6 Å². The van der Waals surface area contributed by atoms with E-state index in [1.54, 1.807) is 6.07 Å². The molecule has 0 N–H and O–H groups in total. The predicted octanol–water partition coefficient (Wildman–Crippen LogP) is 6.22. The Hall–Kier alpha value is -2.25. The monoisotopic (exact) mass is 398 g/mol. The standard InChI is InChI=1S/C23H29F2N.C2H3N/c1-26(17-19-6-3-2-4-7-19)15-5-8-18-9-11-20(12-10-18)21-13-14-22(24)23(25)16-21;1-2-3/h2-4,6-7,9-12,21-23H,5,8,13-17H2,1H3;1H3. The summed E-state index contributed by atoms with van der Waals surface area (Å²) in [6.45, 7) is 3.46. The number of hydrogen-bond donors (Lipinski definition) is 0. The first-order valence-electron chi connectivity index (χ1n) is 10.4. The number of alkyl halides is 2. The third-order valence-corrected chi connectivity index (χ3v) is 5.44. The summed E-state index contributed by atoms with van der Waals surface area (Å²) in [6, 6.07) is 20.8. The first-order valence-corrected chi connectivity index (χ1v) is 10.4. The van der Waals surface area contributed by atoms with Gasteiger partial charge in [0.15, 0.2) is 0 Å². The molecule has 0 spiro atoms. The molecule has 0 aliphatic heterocycles. The lowest BCUT2D eigenvalue weighted by atomic mass is 9.82. The minimum absolute atomic E-state index is 0.169. The largest absolute Gasteiger partial charge is 0.302 e. The molecule has 0 saturated heterocycles. The van der Waals surface area contributed by atoms with Gasteiger partial charge in [-0.05, 0) is 68.3 Å². The van der Waals surface area contributed by atoms with Gasteiger partial charge in [0.1, 0.15) is 12.3 Å². The van der Waals surface area contributed by atoms with Crippen molar-refractivity contribution in [2.24, 2.45) is 0 Å². The van der Waals surface area contributed by atoms with Crippen LogP contribution in [0.25, 0.3) is 0 Å². The summed E-state index contributed by atoms with van der Waals surface area (Å²) in [4.78, 5) is 2.35. The Bertz CT molecular complexity index is 740. The third kappa shape index (κ3) is 7.95. The van der Waals surface area contributed by atoms with Gasteiger partial charge in [-0.15, -0.1) is 0 Å². The van der Waals surface area contributed by atoms with E-state index in [1.807, 2.05) is 6.07 Å². The van der Waals surface area contributed by atoms with E-state index in [9.17, 15) is 8.78 Å². The number of nitrogens with zero attached hydrogens (tertiary/aromatic N) is 2. The summed E-state index contributed by atoms with van der Waals surface area (Å²) in [5.74, 6) is 0.169. The van der Waals surface area contributed by atoms with Crippen LogP contribution in [0.1, 0.15) is 55.2 Å². The normalized spacial score (nSPS) is 21.2. The summed E-state index contributed by atoms with van der Waals surface area (Å²) in [7, 11) is 2.16. The molecule has 3 atom stereocenters. The van der Waals surface area contributed by atoms with Gasteiger partial charge in [0.25, 0.3) is 0 Å². The van der Waals surface area contributed by atoms with Crippen LogP contribution in [-0.2, 0) is 13.0 Å². The van der Waals surface area contributed by atoms with E-state index in [2.05, 4.69) is 60.5 Å². The Morgan fingerprint density at radius 1 is 0.966 bits per heavy atom. The Balaban J connectivity index is 0.000000941. The summed E-state index contributed by atoms with van der Waals surface area (Å²) in [5.41, 5.74) is 3.82. The van der Waals surface area contributed by atoms with Crippen LogP contribution in [0.15, 0.2) is 54.6 Å². The van der Waals surface area contributed by atoms with Crippen LogP contribution in [0, 0.1) is 11.3 Å². The minimum atomic E-state index is -1.30. The molecule has 29 heavy (non-hydrogen) atoms. The van der Waals surface area contributed by atoms with Gasteiger partial charge in [0.05, 0.1) is 6.07 Å². The lowest BCUT2D eigenvalue weighted by Crippen LogP contribution is -2.26. The van der Waals surface area contributed by atoms with E-state index in [1.165, 1.54) is 18.1 Å². The van der Waals surface area contributed by atoms with Crippen molar-refractivity contribution in [3.63, 3.8) is 0 Å². The topological polar surface area (TPSA) is 27.0 Å². The number of halogens is 2. The van der Waals surface area contributed by atoms with Gasteiger partial charge >= 0.3 is 0 Å². The van der Waals surface area contributed by atoms with Crippen molar-refractivity contribution in [1.82, 2.24) is 4.90 Å². The highest BCUT2D eigenvalue weighted by Gasteiger charge is 2.30. The maximum absolute atomic E-state index is 13.6. The van der Waals surface area contributed by atoms with Gasteiger partial charge in [-0.2, -0.15) is 5.26 Å². The zero-order chi connectivity index (χ0) is 21.1. The highest BCUT2D eigenvalue weighted by molar-refractivity contribution is 5.26. The molecular formula is C25H32F2N2. The molecule has 2 aromatic rings. The quantitative estimate of drug-likeness (QED) is 0.553. The molecule has 0 bridgehead atoms. The lowest BCUT2D eigenvalue weighted by Gasteiger charge is -2.27. The van der Waals surface area contributed by atoms with Crippen LogP contribution in [0.2, 0.25) is 0 Å². The molecule has 1 aliphatic carbocycles. The average molecular weight is 399 g/mol. The lowest BCUT2D eigenvalue weighted by molar-refractivity contribution is 0.108. The van der Waals surface area contributed by atoms with Gasteiger partial charge < -0.3 is 4.90 Å². The van der Waals surface area contributed by atoms with Crippen molar-refractivity contribution in [3.8, 4) is 6.07 Å². The van der Waals surface area contributed by atoms with Crippen molar-refractivity contribution in [2.45, 2.75) is 63.8 Å². The molecule has 2 aromatic carbocycles. The van der Waals surface area contributed by atoms with Crippen LogP contribution < -0.4 is 0 Å². The van der Waals surface area contributed by atoms with Crippen molar-refractivity contribution >= 4 is 0 Å². The van der Waals surface area contributed by atoms with Crippen molar-refractivity contribution < 1.29 is 8.78 Å². The first-order chi connectivity index (χ1) is 14.0. The van der Waals surface area contributed by atoms with Crippen LogP contribution >= 0.6 is 0 Å². The van der Waals surface area contributed by atoms with Gasteiger partial charge in [0, 0.05) is 13.5 Å². The van der Waals surface area contributed by atoms with E-state index < -0.39 is 12.3 Å². The van der Waals surface area contributed by atoms with Crippen LogP contribution in [0.3, 0.4) is 0 Å². The second-order valence-corrected chi connectivity index (χ2v) is 7.83. The highest BCUT2D eigenvalue weighted by Crippen LogP contribution is 2.35. The highest BCUT2D eigenvalue weighted by atomic mass is 19.2. The number of nitriles is 1. The summed E-state index contributed by atoms with van der Waals surface area (Å²) in [6.07, 6.45) is 1.02. The average Bonchev–Trinajstić information content (AvgIpc) is 2.72. The second-order valence-electron chi connectivity index (χ2n) is 7.83. The fourth-order valence-electron chi connectivity index (χ4n) is 3.87. The molecule has 4 heteroatoms. The molecule has 3 rings (SSSR count). The number of rotatable bonds is 7. The Labute approximate surface area is 174 Å². The molecule has 0 heterocycles. The molecule has 1 saturated carbocycles. The Kier molecular flexibility index (Phi) is 9.80. The van der Waals surface area contributed by atoms with Crippen molar-refractivity contribution in [3.05, 3.63) is 71.3 Å². The summed E-state index contributed by atoms with van der Waals surface area (Å²) >= 11 is 0. The number of hydrogen-bond acceptors (Lipinski definition) is 2. The van der Waals surface area contributed by atoms with Gasteiger partial charge in [0.2, 0.25) is 0 Å². The van der Waals surface area contributed by atoms with Gasteiger partial charge in [-0.25, -0.2) is 8.78 Å². The zero-order valence-electron chi connectivity index (χ0n) is 17.5. The summed E-state index contributed by atoms with van der Waals surface area (Å²) in [5, 5.41) is 7.32. The number of aryl methyl sites for hydroxylation is 1. The van der Waals surface area contributed by atoms with Crippen LogP contribution in [0.4, 0.5) is 8.78 Å². The molecule has 1 fully saturated rings. The maximum atomic E-state index is 13.6. The molecule has 0 radical (unpaired) electrons. The Morgan fingerprint density at radius 2 is 1.62 bits per heavy atom. The maximum Gasteiger partial charge on any atom is 0.132 e. The first kappa shape index (κ1) is 23.0. The van der Waals surface area contributed by atoms with Crippen LogP contribution in [-0.4, -0.2) is 30.8 Å². The van der Waals surface area contributed by atoms with E-state index in [4.69, 9.17) is 5.26 Å². The smallest absolute Gasteiger partial charge is 0.132 e. The minimum Gasteiger partial charge on any atom is -0.302 e. The van der Waals surface area contributed by atoms with Crippen molar-refractivity contribution in [2.75, 3.05) is 13.6 Å². The van der Waals surface area contributed by atoms with Gasteiger partial charge in [-0.3, -0.25) is 0 Å². The second kappa shape index (κ2) is 12.3. The van der Waals surface area contributed by atoms with E-state index in [0.29, 0.717) is 12.8 Å². The van der Waals surface area contributed by atoms with E-state index >= 15 is 0 Å². The van der Waals surface area contributed by atoms with Crippen LogP contribution in [0.5, 0.6) is 0 Å². The SMILES string of the molecule is CC#N.CN(CCCc1ccc(C2CCC(F)C(F)C2)cc1)Cc1ccccc1.